The molecule has 1 atom stereocenters. The van der Waals surface area contributed by atoms with Gasteiger partial charge in [-0.05, 0) is 74.2 Å². The van der Waals surface area contributed by atoms with Crippen LogP contribution >= 0.6 is 0 Å². The van der Waals surface area contributed by atoms with Crippen molar-refractivity contribution in [3.8, 4) is 0 Å². The van der Waals surface area contributed by atoms with Crippen LogP contribution in [0.15, 0.2) is 48.5 Å². The number of anilines is 2. The number of carbonyl (C=O) groups is 3. The summed E-state index contributed by atoms with van der Waals surface area (Å²) in [6, 6.07) is 12.0. The molecule has 1 aliphatic heterocycles. The quantitative estimate of drug-likeness (QED) is 0.645. The van der Waals surface area contributed by atoms with E-state index in [1.165, 1.54) is 24.3 Å². The Kier molecular flexibility index (Phi) is 7.81. The van der Waals surface area contributed by atoms with Gasteiger partial charge >= 0.3 is 12.0 Å². The molecule has 0 aliphatic carbocycles. The van der Waals surface area contributed by atoms with Crippen LogP contribution in [0.25, 0.3) is 0 Å². The maximum atomic E-state index is 13.0. The number of esters is 1. The molecule has 8 heteroatoms. The minimum Gasteiger partial charge on any atom is -0.462 e. The molecule has 2 aromatic rings. The molecule has 3 amide bonds. The zero-order chi connectivity index (χ0) is 23.1. The number of hydrogen-bond acceptors (Lipinski definition) is 4. The van der Waals surface area contributed by atoms with Crippen LogP contribution in [-0.2, 0) is 9.53 Å². The van der Waals surface area contributed by atoms with Gasteiger partial charge in [-0.3, -0.25) is 4.79 Å². The number of halogens is 1. The largest absolute Gasteiger partial charge is 0.462 e. The number of benzene rings is 2. The fraction of sp³-hybridized carbons (Fsp3) is 0.375. The SMILES string of the molecule is CCOC(=O)c1ccc(NC(=O)[C@H](C)C2CCN(C(=O)Nc3ccc(F)cc3)CC2)cc1. The lowest BCUT2D eigenvalue weighted by atomic mass is 9.85. The van der Waals surface area contributed by atoms with Gasteiger partial charge in [-0.15, -0.1) is 0 Å². The summed E-state index contributed by atoms with van der Waals surface area (Å²) in [4.78, 5) is 38.6. The molecule has 2 N–H and O–H groups in total. The van der Waals surface area contributed by atoms with E-state index in [2.05, 4.69) is 10.6 Å². The van der Waals surface area contributed by atoms with Gasteiger partial charge in [0.15, 0.2) is 0 Å². The van der Waals surface area contributed by atoms with Crippen LogP contribution in [-0.4, -0.2) is 42.5 Å². The fourth-order valence-corrected chi connectivity index (χ4v) is 3.71. The van der Waals surface area contributed by atoms with Crippen molar-refractivity contribution in [1.29, 1.82) is 0 Å². The monoisotopic (exact) mass is 441 g/mol. The Morgan fingerprint density at radius 1 is 1.00 bits per heavy atom. The maximum Gasteiger partial charge on any atom is 0.338 e. The first-order valence-corrected chi connectivity index (χ1v) is 10.8. The summed E-state index contributed by atoms with van der Waals surface area (Å²) in [5, 5.41) is 5.66. The lowest BCUT2D eigenvalue weighted by Gasteiger charge is -2.34. The zero-order valence-corrected chi connectivity index (χ0v) is 18.3. The Hall–Kier alpha value is -3.42. The average molecular weight is 442 g/mol. The van der Waals surface area contributed by atoms with Crippen LogP contribution in [0.2, 0.25) is 0 Å². The molecule has 0 aromatic heterocycles. The highest BCUT2D eigenvalue weighted by molar-refractivity contribution is 5.94. The van der Waals surface area contributed by atoms with E-state index in [1.54, 1.807) is 36.1 Å². The van der Waals surface area contributed by atoms with Gasteiger partial charge in [0.2, 0.25) is 5.91 Å². The molecule has 7 nitrogen and oxygen atoms in total. The number of rotatable bonds is 6. The van der Waals surface area contributed by atoms with Crippen molar-refractivity contribution in [1.82, 2.24) is 4.90 Å². The van der Waals surface area contributed by atoms with Gasteiger partial charge in [0.1, 0.15) is 5.82 Å². The predicted molar refractivity (Wildman–Crippen MR) is 120 cm³/mol. The van der Waals surface area contributed by atoms with E-state index in [9.17, 15) is 18.8 Å². The third kappa shape index (κ3) is 6.06. The second-order valence-corrected chi connectivity index (χ2v) is 7.84. The molecule has 2 aromatic carbocycles. The lowest BCUT2D eigenvalue weighted by Crippen LogP contribution is -2.43. The highest BCUT2D eigenvalue weighted by Crippen LogP contribution is 2.26. The number of piperidine rings is 1. The lowest BCUT2D eigenvalue weighted by molar-refractivity contribution is -0.121. The standard InChI is InChI=1S/C24H28FN3O4/c1-3-32-23(30)18-4-8-20(9-5-18)26-22(29)16(2)17-12-14-28(15-13-17)24(31)27-21-10-6-19(25)7-11-21/h4-11,16-17H,3,12-15H2,1-2H3,(H,26,29)(H,27,31)/t16-/m1/s1. The van der Waals surface area contributed by atoms with Gasteiger partial charge in [0.05, 0.1) is 12.2 Å². The van der Waals surface area contributed by atoms with Crippen molar-refractivity contribution in [2.24, 2.45) is 11.8 Å². The fourth-order valence-electron chi connectivity index (χ4n) is 3.71. The van der Waals surface area contributed by atoms with Crippen LogP contribution in [0.3, 0.4) is 0 Å². The summed E-state index contributed by atoms with van der Waals surface area (Å²) in [5.41, 5.74) is 1.59. The molecule has 170 valence electrons. The van der Waals surface area contributed by atoms with Crippen molar-refractivity contribution in [3.63, 3.8) is 0 Å². The first-order valence-electron chi connectivity index (χ1n) is 10.8. The summed E-state index contributed by atoms with van der Waals surface area (Å²) < 4.78 is 18.0. The minimum absolute atomic E-state index is 0.0944. The van der Waals surface area contributed by atoms with E-state index in [0.717, 1.165) is 0 Å². The average Bonchev–Trinajstić information content (AvgIpc) is 2.80. The van der Waals surface area contributed by atoms with Crippen molar-refractivity contribution >= 4 is 29.3 Å². The van der Waals surface area contributed by atoms with Gasteiger partial charge in [0.25, 0.3) is 0 Å². The highest BCUT2D eigenvalue weighted by Gasteiger charge is 2.30. The number of nitrogens with zero attached hydrogens (tertiary/aromatic N) is 1. The number of hydrogen-bond donors (Lipinski definition) is 2. The van der Waals surface area contributed by atoms with Crippen LogP contribution in [0.5, 0.6) is 0 Å². The Bertz CT molecular complexity index is 939. The van der Waals surface area contributed by atoms with Crippen LogP contribution in [0, 0.1) is 17.7 Å². The van der Waals surface area contributed by atoms with Gasteiger partial charge in [-0.1, -0.05) is 6.92 Å². The molecule has 0 radical (unpaired) electrons. The molecule has 0 bridgehead atoms. The Balaban J connectivity index is 1.47. The zero-order valence-electron chi connectivity index (χ0n) is 18.3. The summed E-state index contributed by atoms with van der Waals surface area (Å²) in [5.74, 6) is -0.909. The van der Waals surface area contributed by atoms with Crippen molar-refractivity contribution in [2.75, 3.05) is 30.3 Å². The second kappa shape index (κ2) is 10.7. The third-order valence-electron chi connectivity index (χ3n) is 5.71. The molecular formula is C24H28FN3O4. The molecular weight excluding hydrogens is 413 g/mol. The summed E-state index contributed by atoms with van der Waals surface area (Å²) >= 11 is 0. The summed E-state index contributed by atoms with van der Waals surface area (Å²) in [6.45, 7) is 5.03. The smallest absolute Gasteiger partial charge is 0.338 e. The molecule has 0 spiro atoms. The Morgan fingerprint density at radius 3 is 2.16 bits per heavy atom. The van der Waals surface area contributed by atoms with Gasteiger partial charge in [-0.2, -0.15) is 0 Å². The molecule has 0 saturated carbocycles. The highest BCUT2D eigenvalue weighted by atomic mass is 19.1. The summed E-state index contributed by atoms with van der Waals surface area (Å²) in [7, 11) is 0. The molecule has 1 heterocycles. The van der Waals surface area contributed by atoms with E-state index in [0.29, 0.717) is 49.5 Å². The van der Waals surface area contributed by atoms with Crippen molar-refractivity contribution < 1.29 is 23.5 Å². The number of carbonyl (C=O) groups excluding carboxylic acids is 3. The molecule has 1 saturated heterocycles. The van der Waals surface area contributed by atoms with E-state index >= 15 is 0 Å². The number of likely N-dealkylation sites (tertiary alicyclic amines) is 1. The molecule has 0 unspecified atom stereocenters. The van der Waals surface area contributed by atoms with Gasteiger partial charge < -0.3 is 20.3 Å². The molecule has 32 heavy (non-hydrogen) atoms. The molecule has 1 fully saturated rings. The van der Waals surface area contributed by atoms with Crippen molar-refractivity contribution in [3.05, 3.63) is 59.9 Å². The third-order valence-corrected chi connectivity index (χ3v) is 5.71. The number of nitrogens with one attached hydrogen (secondary N) is 2. The molecule has 1 aliphatic rings. The minimum atomic E-state index is -0.394. The molecule has 3 rings (SSSR count). The Labute approximate surface area is 186 Å². The van der Waals surface area contributed by atoms with E-state index in [1.807, 2.05) is 6.92 Å². The van der Waals surface area contributed by atoms with E-state index in [4.69, 9.17) is 4.74 Å². The predicted octanol–water partition coefficient (Wildman–Crippen LogP) is 4.52. The van der Waals surface area contributed by atoms with Gasteiger partial charge in [0, 0.05) is 30.4 Å². The van der Waals surface area contributed by atoms with Crippen LogP contribution < -0.4 is 10.6 Å². The van der Waals surface area contributed by atoms with Crippen molar-refractivity contribution in [2.45, 2.75) is 26.7 Å². The van der Waals surface area contributed by atoms with E-state index in [-0.39, 0.29) is 29.6 Å². The maximum absolute atomic E-state index is 13.0. The van der Waals surface area contributed by atoms with Crippen LogP contribution in [0.1, 0.15) is 37.0 Å². The van der Waals surface area contributed by atoms with Gasteiger partial charge in [-0.25, -0.2) is 14.0 Å². The number of ether oxygens (including phenoxy) is 1. The van der Waals surface area contributed by atoms with E-state index < -0.39 is 5.97 Å². The number of urea groups is 1. The summed E-state index contributed by atoms with van der Waals surface area (Å²) in [6.07, 6.45) is 1.43. The Morgan fingerprint density at radius 2 is 1.56 bits per heavy atom. The van der Waals surface area contributed by atoms with Crippen LogP contribution in [0.4, 0.5) is 20.6 Å². The normalized spacial score (nSPS) is 15.0. The number of amides is 3. The topological polar surface area (TPSA) is 87.7 Å². The first-order chi connectivity index (χ1) is 15.4. The second-order valence-electron chi connectivity index (χ2n) is 7.84. The first kappa shape index (κ1) is 23.2.